The zero-order valence-corrected chi connectivity index (χ0v) is 18.3. The summed E-state index contributed by atoms with van der Waals surface area (Å²) in [5.41, 5.74) is 3.68. The number of H-pyrrole nitrogens is 1. The van der Waals surface area contributed by atoms with Crippen molar-refractivity contribution in [3.63, 3.8) is 0 Å². The Bertz CT molecular complexity index is 1140. The highest BCUT2D eigenvalue weighted by atomic mass is 35.5. The predicted molar refractivity (Wildman–Crippen MR) is 117 cm³/mol. The Morgan fingerprint density at radius 2 is 1.97 bits per heavy atom. The van der Waals surface area contributed by atoms with E-state index in [2.05, 4.69) is 20.4 Å². The van der Waals surface area contributed by atoms with Crippen LogP contribution in [0, 0.1) is 18.7 Å². The SMILES string of the molecule is Cc1cc(CNC(=O)C2CCc3nc(-c4ccc(F)cc4)[nH]c(=O)c3CC2)n(C)n1.Cl. The summed E-state index contributed by atoms with van der Waals surface area (Å²) >= 11 is 0. The van der Waals surface area contributed by atoms with Gasteiger partial charge < -0.3 is 10.3 Å². The Kier molecular flexibility index (Phi) is 6.90. The molecule has 0 spiro atoms. The molecule has 1 amide bonds. The van der Waals surface area contributed by atoms with Gasteiger partial charge in [0.1, 0.15) is 11.6 Å². The smallest absolute Gasteiger partial charge is 0.254 e. The molecular formula is C22H25ClFN5O2. The van der Waals surface area contributed by atoms with Crippen LogP contribution in [0.25, 0.3) is 11.4 Å². The Morgan fingerprint density at radius 3 is 2.65 bits per heavy atom. The average molecular weight is 446 g/mol. The van der Waals surface area contributed by atoms with Crippen molar-refractivity contribution in [2.75, 3.05) is 0 Å². The van der Waals surface area contributed by atoms with Crippen LogP contribution in [0.5, 0.6) is 0 Å². The van der Waals surface area contributed by atoms with Gasteiger partial charge in [-0.1, -0.05) is 0 Å². The van der Waals surface area contributed by atoms with Crippen LogP contribution in [0.1, 0.15) is 35.5 Å². The Labute approximate surface area is 185 Å². The minimum Gasteiger partial charge on any atom is -0.350 e. The summed E-state index contributed by atoms with van der Waals surface area (Å²) < 4.78 is 14.9. The van der Waals surface area contributed by atoms with Crippen molar-refractivity contribution in [1.29, 1.82) is 0 Å². The normalized spacial score (nSPS) is 15.5. The summed E-state index contributed by atoms with van der Waals surface area (Å²) in [4.78, 5) is 32.8. The van der Waals surface area contributed by atoms with E-state index in [9.17, 15) is 14.0 Å². The van der Waals surface area contributed by atoms with Gasteiger partial charge in [-0.2, -0.15) is 5.10 Å². The molecule has 1 aliphatic carbocycles. The molecule has 164 valence electrons. The van der Waals surface area contributed by atoms with Crippen LogP contribution in [0.15, 0.2) is 35.1 Å². The predicted octanol–water partition coefficient (Wildman–Crippen LogP) is 2.85. The van der Waals surface area contributed by atoms with Gasteiger partial charge in [0.05, 0.1) is 23.6 Å². The van der Waals surface area contributed by atoms with Crippen molar-refractivity contribution in [1.82, 2.24) is 25.1 Å². The number of carbonyl (C=O) groups excluding carboxylic acids is 1. The molecule has 1 atom stereocenters. The summed E-state index contributed by atoms with van der Waals surface area (Å²) in [6, 6.07) is 7.81. The summed E-state index contributed by atoms with van der Waals surface area (Å²) in [7, 11) is 1.85. The molecule has 0 saturated carbocycles. The maximum Gasteiger partial charge on any atom is 0.254 e. The Hall–Kier alpha value is -3.00. The van der Waals surface area contributed by atoms with Crippen molar-refractivity contribution < 1.29 is 9.18 Å². The second-order valence-corrected chi connectivity index (χ2v) is 7.74. The van der Waals surface area contributed by atoms with Crippen molar-refractivity contribution in [3.05, 3.63) is 69.1 Å². The van der Waals surface area contributed by atoms with E-state index in [0.29, 0.717) is 49.2 Å². The number of nitrogens with one attached hydrogen (secondary N) is 2. The first-order valence-electron chi connectivity index (χ1n) is 10.1. The molecule has 2 aromatic heterocycles. The summed E-state index contributed by atoms with van der Waals surface area (Å²) in [5, 5.41) is 7.28. The van der Waals surface area contributed by atoms with Crippen LogP contribution in [-0.4, -0.2) is 25.7 Å². The lowest BCUT2D eigenvalue weighted by molar-refractivity contribution is -0.125. The molecule has 0 aliphatic heterocycles. The van der Waals surface area contributed by atoms with E-state index < -0.39 is 0 Å². The van der Waals surface area contributed by atoms with Gasteiger partial charge in [0, 0.05) is 24.1 Å². The number of carbonyl (C=O) groups is 1. The third-order valence-corrected chi connectivity index (χ3v) is 5.60. The topological polar surface area (TPSA) is 92.7 Å². The second-order valence-electron chi connectivity index (χ2n) is 7.74. The lowest BCUT2D eigenvalue weighted by atomic mass is 9.99. The molecule has 0 bridgehead atoms. The molecule has 4 rings (SSSR count). The lowest BCUT2D eigenvalue weighted by Gasteiger charge is -2.14. The maximum absolute atomic E-state index is 13.2. The van der Waals surface area contributed by atoms with E-state index in [1.54, 1.807) is 16.8 Å². The number of benzene rings is 1. The van der Waals surface area contributed by atoms with E-state index in [4.69, 9.17) is 0 Å². The number of nitrogens with zero attached hydrogens (tertiary/aromatic N) is 3. The highest BCUT2D eigenvalue weighted by Crippen LogP contribution is 2.24. The molecule has 31 heavy (non-hydrogen) atoms. The second kappa shape index (κ2) is 9.43. The van der Waals surface area contributed by atoms with Gasteiger partial charge in [0.15, 0.2) is 0 Å². The standard InChI is InChI=1S/C22H24FN5O2.ClH/c1-13-11-17(28(2)27-13)12-24-21(29)15-5-9-18-19(10-6-15)25-20(26-22(18)30)14-3-7-16(23)8-4-14;/h3-4,7-8,11,15H,5-6,9-10,12H2,1-2H3,(H,24,29)(H,25,26,30);1H. The molecule has 1 unspecified atom stereocenters. The molecule has 7 nitrogen and oxygen atoms in total. The number of fused-ring (bicyclic) bond motifs is 1. The van der Waals surface area contributed by atoms with Crippen LogP contribution in [0.2, 0.25) is 0 Å². The van der Waals surface area contributed by atoms with E-state index in [0.717, 1.165) is 17.1 Å². The van der Waals surface area contributed by atoms with Gasteiger partial charge in [-0.25, -0.2) is 9.37 Å². The zero-order chi connectivity index (χ0) is 21.3. The molecule has 9 heteroatoms. The van der Waals surface area contributed by atoms with Gasteiger partial charge in [0.25, 0.3) is 5.56 Å². The van der Waals surface area contributed by atoms with Gasteiger partial charge in [-0.05, 0) is 62.9 Å². The molecular weight excluding hydrogens is 421 g/mol. The van der Waals surface area contributed by atoms with Gasteiger partial charge in [0.2, 0.25) is 5.91 Å². The number of amides is 1. The summed E-state index contributed by atoms with van der Waals surface area (Å²) in [6.45, 7) is 2.34. The first-order valence-corrected chi connectivity index (χ1v) is 10.1. The first-order chi connectivity index (χ1) is 14.4. The molecule has 1 aliphatic rings. The monoisotopic (exact) mass is 445 g/mol. The molecule has 2 N–H and O–H groups in total. The van der Waals surface area contributed by atoms with E-state index >= 15 is 0 Å². The summed E-state index contributed by atoms with van der Waals surface area (Å²) in [6.07, 6.45) is 2.28. The van der Waals surface area contributed by atoms with Crippen molar-refractivity contribution in [2.24, 2.45) is 13.0 Å². The molecule has 0 radical (unpaired) electrons. The van der Waals surface area contributed by atoms with Crippen molar-refractivity contribution in [2.45, 2.75) is 39.2 Å². The maximum atomic E-state index is 13.2. The minimum absolute atomic E-state index is 0. The van der Waals surface area contributed by atoms with Crippen LogP contribution in [0.3, 0.4) is 0 Å². The molecule has 2 heterocycles. The fourth-order valence-electron chi connectivity index (χ4n) is 3.94. The third kappa shape index (κ3) is 5.02. The van der Waals surface area contributed by atoms with Gasteiger partial charge in [-0.3, -0.25) is 14.3 Å². The Balaban J connectivity index is 0.00000272. The van der Waals surface area contributed by atoms with Crippen LogP contribution in [-0.2, 0) is 31.2 Å². The number of rotatable bonds is 4. The van der Waals surface area contributed by atoms with Gasteiger partial charge in [-0.15, -0.1) is 12.4 Å². The quantitative estimate of drug-likeness (QED) is 0.604. The van der Waals surface area contributed by atoms with Crippen LogP contribution < -0.4 is 10.9 Å². The highest BCUT2D eigenvalue weighted by Gasteiger charge is 2.25. The van der Waals surface area contributed by atoms with E-state index in [-0.39, 0.29) is 35.6 Å². The number of aromatic nitrogens is 4. The van der Waals surface area contributed by atoms with Crippen molar-refractivity contribution in [3.8, 4) is 11.4 Å². The Morgan fingerprint density at radius 1 is 1.26 bits per heavy atom. The zero-order valence-electron chi connectivity index (χ0n) is 17.4. The fraction of sp³-hybridized carbons (Fsp3) is 0.364. The minimum atomic E-state index is -0.342. The summed E-state index contributed by atoms with van der Waals surface area (Å²) in [5.74, 6) is -0.113. The first kappa shape index (κ1) is 22.7. The van der Waals surface area contributed by atoms with Crippen LogP contribution in [0.4, 0.5) is 4.39 Å². The number of aromatic amines is 1. The number of hydrogen-bond donors (Lipinski definition) is 2. The largest absolute Gasteiger partial charge is 0.350 e. The van der Waals surface area contributed by atoms with E-state index in [1.807, 2.05) is 20.0 Å². The number of hydrogen-bond acceptors (Lipinski definition) is 4. The molecule has 0 saturated heterocycles. The van der Waals surface area contributed by atoms with Crippen LogP contribution >= 0.6 is 12.4 Å². The average Bonchev–Trinajstić information content (AvgIpc) is 2.90. The fourth-order valence-corrected chi connectivity index (χ4v) is 3.94. The van der Waals surface area contributed by atoms with E-state index in [1.165, 1.54) is 12.1 Å². The molecule has 0 fully saturated rings. The number of halogens is 2. The van der Waals surface area contributed by atoms with Crippen molar-refractivity contribution >= 4 is 18.3 Å². The number of aryl methyl sites for hydroxylation is 3. The molecule has 3 aromatic rings. The lowest BCUT2D eigenvalue weighted by Crippen LogP contribution is -2.31. The third-order valence-electron chi connectivity index (χ3n) is 5.60. The van der Waals surface area contributed by atoms with Gasteiger partial charge >= 0.3 is 0 Å². The molecule has 1 aromatic carbocycles. The highest BCUT2D eigenvalue weighted by molar-refractivity contribution is 5.85.